The molecule has 4 aromatic rings. The van der Waals surface area contributed by atoms with E-state index in [9.17, 15) is 52.7 Å². The van der Waals surface area contributed by atoms with Crippen LogP contribution in [0, 0.1) is 13.8 Å². The van der Waals surface area contributed by atoms with Gasteiger partial charge in [0.05, 0.1) is 37.2 Å². The van der Waals surface area contributed by atoms with Gasteiger partial charge in [-0.25, -0.2) is 0 Å². The molecule has 0 bridgehead atoms. The SMILES string of the molecule is CCNCCN(C(=O)CNC(=O)CNC(=O)CNC(=O)CSC(C)=O)C(=O)[C@@H](C)c1ccc2cc(C)ccc2c1.CCNCCN(C(=O)C[N-]C(=O)C[N-]C(=O)C[N-]C(=O)C[S-])C(=O)[C@@H](C)c1ccc2cc(C)ccc2c1.[Na+].[O]=[99Tc+4].[O]=[Tc](=[O])(=[O])[O-]. The van der Waals surface area contributed by atoms with Crippen LogP contribution in [0.25, 0.3) is 37.5 Å². The summed E-state index contributed by atoms with van der Waals surface area (Å²) in [5.74, 6) is -7.41. The van der Waals surface area contributed by atoms with Crippen molar-refractivity contribution in [2.45, 2.75) is 60.3 Å². The van der Waals surface area contributed by atoms with Crippen LogP contribution >= 0.6 is 11.8 Å². The fourth-order valence-corrected chi connectivity index (χ4v) is 7.71. The van der Waals surface area contributed by atoms with Gasteiger partial charge in [0, 0.05) is 50.8 Å². The molecule has 0 saturated heterocycles. The van der Waals surface area contributed by atoms with Crippen molar-refractivity contribution in [2.75, 3.05) is 90.0 Å². The van der Waals surface area contributed by atoms with E-state index in [1.807, 2.05) is 88.4 Å². The second kappa shape index (κ2) is 43.0. The van der Waals surface area contributed by atoms with E-state index in [1.165, 1.54) is 6.92 Å². The molecule has 4 rings (SSSR count). The van der Waals surface area contributed by atoms with Gasteiger partial charge in [-0.3, -0.25) is 48.2 Å². The van der Waals surface area contributed by atoms with Crippen molar-refractivity contribution in [3.8, 4) is 0 Å². The summed E-state index contributed by atoms with van der Waals surface area (Å²) < 4.78 is 42.7. The third kappa shape index (κ3) is 33.1. The van der Waals surface area contributed by atoms with E-state index < -0.39 is 113 Å². The summed E-state index contributed by atoms with van der Waals surface area (Å²) in [6.45, 7) is 12.2. The average molecular weight is 1400 g/mol. The number of carbonyl (C=O) groups is 11. The molecule has 2 atom stereocenters. The maximum absolute atomic E-state index is 13.4. The molecule has 0 saturated carbocycles. The quantitative estimate of drug-likeness (QED) is 0.0262. The monoisotopic (exact) mass is 1400 g/mol. The zero-order valence-electron chi connectivity index (χ0n) is 48.3. The van der Waals surface area contributed by atoms with Gasteiger partial charge in [-0.1, -0.05) is 123 Å². The zero-order valence-corrected chi connectivity index (χ0v) is 55.7. The molecule has 0 aliphatic heterocycles. The number of aryl methyl sites for hydroxylation is 2. The number of amides is 10. The fraction of sp³-hybridized carbons (Fsp3) is 0.426. The predicted molar refractivity (Wildman–Crippen MR) is 302 cm³/mol. The van der Waals surface area contributed by atoms with Gasteiger partial charge in [0.1, 0.15) is 0 Å². The number of rotatable bonds is 27. The van der Waals surface area contributed by atoms with E-state index in [-0.39, 0.29) is 71.7 Å². The summed E-state index contributed by atoms with van der Waals surface area (Å²) in [7, 11) is 0. The van der Waals surface area contributed by atoms with Crippen molar-refractivity contribution in [2.24, 2.45) is 0 Å². The van der Waals surface area contributed by atoms with Crippen molar-refractivity contribution >= 4 is 110 Å². The molecule has 0 radical (unpaired) electrons. The summed E-state index contributed by atoms with van der Waals surface area (Å²) in [5, 5.41) is 27.7. The summed E-state index contributed by atoms with van der Waals surface area (Å²) >= 11 is 0.292. The van der Waals surface area contributed by atoms with E-state index in [4.69, 9.17) is 17.9 Å². The third-order valence-corrected chi connectivity index (χ3v) is 12.5. The molecule has 26 nitrogen and oxygen atoms in total. The number of nitrogens with one attached hydrogen (secondary N) is 5. The average Bonchev–Trinajstić information content (AvgIpc) is 3.20. The van der Waals surface area contributed by atoms with Crippen molar-refractivity contribution < 1.29 is 135 Å². The first-order chi connectivity index (χ1) is 39.7. The first-order valence-electron chi connectivity index (χ1n) is 25.7. The predicted octanol–water partition coefficient (Wildman–Crippen LogP) is -1.36. The summed E-state index contributed by atoms with van der Waals surface area (Å²) in [6, 6.07) is 23.7. The van der Waals surface area contributed by atoms with Gasteiger partial charge < -0.3 is 69.5 Å². The molecular weight excluding hydrogens is 1330 g/mol. The van der Waals surface area contributed by atoms with Gasteiger partial charge in [-0.15, -0.1) is 5.75 Å². The Morgan fingerprint density at radius 2 is 0.941 bits per heavy atom. The number of benzene rings is 4. The molecule has 457 valence electrons. The van der Waals surface area contributed by atoms with Crippen LogP contribution in [0.5, 0.6) is 0 Å². The minimum absolute atomic E-state index is 0. The molecule has 0 aliphatic rings. The Morgan fingerprint density at radius 3 is 1.35 bits per heavy atom. The van der Waals surface area contributed by atoms with E-state index in [1.54, 1.807) is 13.8 Å². The molecule has 0 heterocycles. The van der Waals surface area contributed by atoms with Gasteiger partial charge in [0.15, 0.2) is 5.12 Å². The molecule has 10 amide bonds. The molecule has 4 aromatic carbocycles. The van der Waals surface area contributed by atoms with Crippen LogP contribution in [0.2, 0.25) is 0 Å². The van der Waals surface area contributed by atoms with Crippen LogP contribution < -0.4 is 60.0 Å². The first-order valence-corrected chi connectivity index (χ1v) is 31.0. The maximum atomic E-state index is 13.4. The van der Waals surface area contributed by atoms with Crippen LogP contribution in [0.15, 0.2) is 72.8 Å². The number of hydrogen-bond acceptors (Lipinski definition) is 20. The van der Waals surface area contributed by atoms with Gasteiger partial charge in [0.2, 0.25) is 41.4 Å². The van der Waals surface area contributed by atoms with Gasteiger partial charge in [-0.2, -0.15) is 0 Å². The van der Waals surface area contributed by atoms with E-state index in [0.717, 1.165) is 84.2 Å². The molecule has 5 N–H and O–H groups in total. The van der Waals surface area contributed by atoms with Crippen molar-refractivity contribution in [3.63, 3.8) is 0 Å². The normalized spacial score (nSPS) is 11.1. The van der Waals surface area contributed by atoms with Gasteiger partial charge in [0.25, 0.3) is 0 Å². The molecule has 31 heteroatoms. The first kappa shape index (κ1) is 79.2. The topological polar surface area (TPSA) is 388 Å². The second-order valence-corrected chi connectivity index (χ2v) is 21.2. The number of nitrogens with zero attached hydrogens (tertiary/aromatic N) is 5. The van der Waals surface area contributed by atoms with Gasteiger partial charge in [-0.05, 0) is 80.0 Å². The number of fused-ring (bicyclic) bond motifs is 2. The molecule has 0 fully saturated rings. The number of carbonyl (C=O) groups excluding carboxylic acids is 11. The van der Waals surface area contributed by atoms with Crippen molar-refractivity contribution in [1.82, 2.24) is 36.4 Å². The summed E-state index contributed by atoms with van der Waals surface area (Å²) in [4.78, 5) is 136. The number of imide groups is 2. The fourth-order valence-electron chi connectivity index (χ4n) is 7.18. The second-order valence-electron chi connectivity index (χ2n) is 17.9. The number of hydrogen-bond donors (Lipinski definition) is 5. The third-order valence-electron chi connectivity index (χ3n) is 11.5. The van der Waals surface area contributed by atoms with E-state index >= 15 is 0 Å². The van der Waals surface area contributed by atoms with Crippen LogP contribution in [0.1, 0.15) is 68.7 Å². The Balaban J connectivity index is 0.00000148. The molecule has 0 spiro atoms. The Hall–Kier alpha value is -5.75. The molecule has 0 aliphatic carbocycles. The molecule has 85 heavy (non-hydrogen) atoms. The Kier molecular flexibility index (Phi) is 40.1. The minimum atomic E-state index is -5.94. The Morgan fingerprint density at radius 1 is 0.576 bits per heavy atom. The van der Waals surface area contributed by atoms with E-state index in [0.29, 0.717) is 26.2 Å². The molecular formula is C54H68N10NaO16S2Tc2. The number of thioether (sulfide) groups is 1. The number of likely N-dealkylation sites (N-methyl/N-ethyl adjacent to an activating group) is 2. The van der Waals surface area contributed by atoms with Crippen LogP contribution in [0.4, 0.5) is 0 Å². The Bertz CT molecular complexity index is 3130. The van der Waals surface area contributed by atoms with Crippen LogP contribution in [0.3, 0.4) is 0 Å². The van der Waals surface area contributed by atoms with Crippen molar-refractivity contribution in [3.05, 3.63) is 111 Å². The zero-order chi connectivity index (χ0) is 63.5. The van der Waals surface area contributed by atoms with Gasteiger partial charge >= 0.3 is 81.8 Å². The summed E-state index contributed by atoms with van der Waals surface area (Å²) in [5.41, 5.74) is 3.82. The van der Waals surface area contributed by atoms with Crippen LogP contribution in [-0.4, -0.2) is 164 Å². The summed E-state index contributed by atoms with van der Waals surface area (Å²) in [6.07, 6.45) is 0. The Labute approximate surface area is 538 Å². The molecule has 0 unspecified atom stereocenters. The van der Waals surface area contributed by atoms with E-state index in [2.05, 4.69) is 67.3 Å². The molecule has 0 aromatic heterocycles. The standard InChI is InChI=1S/C28H37N5O6S.C26H35N5O5S.Na.5O.2Tc/c1-5-29-10-11-33(28(39)19(3)21-8-9-22-12-18(2)6-7-23(22)13-21)27(38)16-32-25(36)14-30-24(35)15-31-26(37)17-40-20(4)34;1-4-27-9-10-31(25(35)15-30-23(33)13-28-22(32)14-29-24(34)16-37)26(36)18(3)19-7-8-20-11-17(2)5-6-21(20)12-19;;;;;;;;/h6-9,12-13,19,29H,5,10-11,14-17H2,1-4H3,(H,30,35)(H,31,37)(H,32,36);5-8,11-12,18,27H,4,9-10,13-16H2,1-3H3,(H4,28,29,30,32,33,34,37);;;;;;;;/q;;+1;;;;;-1;+4;/p-4/t19-;18-;;;;;;;;/m00......../s1/i;;;;;;;;1+1;. The van der Waals surface area contributed by atoms with Crippen molar-refractivity contribution in [1.29, 1.82) is 0 Å². The van der Waals surface area contributed by atoms with Crippen LogP contribution in [-0.2, 0) is 114 Å².